The summed E-state index contributed by atoms with van der Waals surface area (Å²) in [7, 11) is 1.82. The Labute approximate surface area is 178 Å². The van der Waals surface area contributed by atoms with Crippen LogP contribution in [0.1, 0.15) is 82.6 Å². The van der Waals surface area contributed by atoms with Crippen molar-refractivity contribution < 1.29 is 4.79 Å². The fraction of sp³-hybridized carbons (Fsp3) is 0.593. The first-order chi connectivity index (χ1) is 14.0. The van der Waals surface area contributed by atoms with Crippen molar-refractivity contribution in [3.63, 3.8) is 0 Å². The molecule has 0 aromatic heterocycles. The zero-order chi connectivity index (χ0) is 20.8. The second-order valence-corrected chi connectivity index (χ2v) is 9.49. The lowest BCUT2D eigenvalue weighted by Crippen LogP contribution is -2.26. The third-order valence-electron chi connectivity index (χ3n) is 7.53. The van der Waals surface area contributed by atoms with Gasteiger partial charge in [-0.2, -0.15) is 0 Å². The quantitative estimate of drug-likeness (QED) is 0.352. The average Bonchev–Trinajstić information content (AvgIpc) is 2.77. The summed E-state index contributed by atoms with van der Waals surface area (Å²) < 4.78 is 0. The van der Waals surface area contributed by atoms with E-state index in [9.17, 15) is 4.79 Å². The first-order valence-electron chi connectivity index (χ1n) is 11.6. The maximum atomic E-state index is 12.1. The number of amides is 1. The van der Waals surface area contributed by atoms with Crippen molar-refractivity contribution in [3.05, 3.63) is 54.6 Å². The van der Waals surface area contributed by atoms with E-state index in [0.717, 1.165) is 23.4 Å². The number of rotatable bonds is 7. The number of likely N-dealkylation sites (N-methyl/N-ethyl adjacent to an activating group) is 1. The van der Waals surface area contributed by atoms with E-state index in [-0.39, 0.29) is 5.91 Å². The molecule has 0 aliphatic heterocycles. The van der Waals surface area contributed by atoms with Crippen LogP contribution in [-0.2, 0) is 4.79 Å². The smallest absolute Gasteiger partial charge is 0.253 e. The van der Waals surface area contributed by atoms with Gasteiger partial charge in [0.1, 0.15) is 0 Å². The largest absolute Gasteiger partial charge is 0.312 e. The molecule has 0 heterocycles. The summed E-state index contributed by atoms with van der Waals surface area (Å²) in [6, 6.07) is 8.64. The Hall–Kier alpha value is -1.83. The predicted octanol–water partition coefficient (Wildman–Crippen LogP) is 7.27. The predicted molar refractivity (Wildman–Crippen MR) is 124 cm³/mol. The molecule has 2 aliphatic rings. The Morgan fingerprint density at radius 3 is 2.07 bits per heavy atom. The summed E-state index contributed by atoms with van der Waals surface area (Å²) in [6.07, 6.45) is 15.8. The van der Waals surface area contributed by atoms with Crippen molar-refractivity contribution in [1.82, 2.24) is 0 Å². The molecule has 2 fully saturated rings. The van der Waals surface area contributed by atoms with Crippen molar-refractivity contribution in [2.45, 2.75) is 77.0 Å². The lowest BCUT2D eigenvalue weighted by Gasteiger charge is -2.38. The van der Waals surface area contributed by atoms with Crippen LogP contribution in [0.4, 0.5) is 5.69 Å². The minimum absolute atomic E-state index is 0.0162. The van der Waals surface area contributed by atoms with E-state index < -0.39 is 0 Å². The zero-order valence-electron chi connectivity index (χ0n) is 18.5. The van der Waals surface area contributed by atoms with Crippen LogP contribution < -0.4 is 4.90 Å². The summed E-state index contributed by atoms with van der Waals surface area (Å²) in [5.74, 6) is 3.54. The summed E-state index contributed by atoms with van der Waals surface area (Å²) in [4.78, 5) is 13.8. The number of hydrogen-bond acceptors (Lipinski definition) is 1. The molecule has 0 atom stereocenters. The van der Waals surface area contributed by atoms with Gasteiger partial charge in [-0.15, -0.1) is 6.58 Å². The zero-order valence-corrected chi connectivity index (χ0v) is 18.5. The maximum absolute atomic E-state index is 12.1. The van der Waals surface area contributed by atoms with Crippen LogP contribution in [0.25, 0.3) is 0 Å². The van der Waals surface area contributed by atoms with Crippen LogP contribution in [0.5, 0.6) is 0 Å². The monoisotopic (exact) mass is 393 g/mol. The van der Waals surface area contributed by atoms with Gasteiger partial charge in [0, 0.05) is 18.3 Å². The second-order valence-electron chi connectivity index (χ2n) is 9.49. The standard InChI is InChI=1S/C27H39NO/c1-5-6-7-21-8-10-22(11-9-21)23-12-14-24(15-13-23)25-16-18-26(19-17-25)28(4)27(29)20(2)3/h5,16-19,21-24H,1-2,6-15H2,3-4H3. The van der Waals surface area contributed by atoms with Gasteiger partial charge in [-0.1, -0.05) is 37.6 Å². The highest BCUT2D eigenvalue weighted by Crippen LogP contribution is 2.44. The number of benzene rings is 1. The van der Waals surface area contributed by atoms with Crippen molar-refractivity contribution in [1.29, 1.82) is 0 Å². The number of hydrogen-bond donors (Lipinski definition) is 0. The molecule has 3 rings (SSSR count). The van der Waals surface area contributed by atoms with Gasteiger partial charge in [0.25, 0.3) is 5.91 Å². The Bertz CT molecular complexity index is 688. The molecule has 0 N–H and O–H groups in total. The second kappa shape index (κ2) is 10.3. The van der Waals surface area contributed by atoms with Gasteiger partial charge in [-0.3, -0.25) is 4.79 Å². The van der Waals surface area contributed by atoms with Gasteiger partial charge in [0.05, 0.1) is 0 Å². The maximum Gasteiger partial charge on any atom is 0.253 e. The van der Waals surface area contributed by atoms with E-state index in [1.807, 2.05) is 7.05 Å². The van der Waals surface area contributed by atoms with Crippen LogP contribution in [-0.4, -0.2) is 13.0 Å². The van der Waals surface area contributed by atoms with Crippen molar-refractivity contribution in [2.24, 2.45) is 17.8 Å². The Morgan fingerprint density at radius 2 is 1.55 bits per heavy atom. The highest BCUT2D eigenvalue weighted by atomic mass is 16.2. The molecule has 29 heavy (non-hydrogen) atoms. The Kier molecular flexibility index (Phi) is 7.75. The molecule has 0 saturated heterocycles. The molecule has 2 nitrogen and oxygen atoms in total. The molecule has 0 unspecified atom stereocenters. The van der Waals surface area contributed by atoms with E-state index in [0.29, 0.717) is 11.5 Å². The normalized spacial score (nSPS) is 27.2. The van der Waals surface area contributed by atoms with E-state index in [1.165, 1.54) is 69.8 Å². The molecule has 2 heteroatoms. The van der Waals surface area contributed by atoms with Gasteiger partial charge >= 0.3 is 0 Å². The van der Waals surface area contributed by atoms with E-state index in [2.05, 4.69) is 43.5 Å². The molecular weight excluding hydrogens is 354 g/mol. The third-order valence-corrected chi connectivity index (χ3v) is 7.53. The van der Waals surface area contributed by atoms with Crippen molar-refractivity contribution >= 4 is 11.6 Å². The lowest BCUT2D eigenvalue weighted by molar-refractivity contribution is -0.114. The topological polar surface area (TPSA) is 20.3 Å². The summed E-state index contributed by atoms with van der Waals surface area (Å²) in [5, 5.41) is 0. The summed E-state index contributed by atoms with van der Waals surface area (Å²) in [5.41, 5.74) is 2.96. The Morgan fingerprint density at radius 1 is 1.00 bits per heavy atom. The molecule has 1 aromatic rings. The number of carbonyl (C=O) groups is 1. The molecular formula is C27H39NO. The molecule has 1 aromatic carbocycles. The summed E-state index contributed by atoms with van der Waals surface area (Å²) in [6.45, 7) is 9.40. The fourth-order valence-corrected chi connectivity index (χ4v) is 5.60. The molecule has 2 aliphatic carbocycles. The third kappa shape index (κ3) is 5.62. The Balaban J connectivity index is 1.48. The van der Waals surface area contributed by atoms with Gasteiger partial charge < -0.3 is 4.90 Å². The van der Waals surface area contributed by atoms with Gasteiger partial charge in [-0.25, -0.2) is 0 Å². The molecule has 158 valence electrons. The first kappa shape index (κ1) is 21.9. The van der Waals surface area contributed by atoms with Crippen molar-refractivity contribution in [3.8, 4) is 0 Å². The number of anilines is 1. The number of allylic oxidation sites excluding steroid dienone is 1. The van der Waals surface area contributed by atoms with E-state index >= 15 is 0 Å². The SMILES string of the molecule is C=CCCC1CCC(C2CCC(c3ccc(N(C)C(=O)C(=C)C)cc3)CC2)CC1. The van der Waals surface area contributed by atoms with Crippen LogP contribution >= 0.6 is 0 Å². The lowest BCUT2D eigenvalue weighted by atomic mass is 9.68. The van der Waals surface area contributed by atoms with Crippen LogP contribution in [0.3, 0.4) is 0 Å². The molecule has 1 amide bonds. The summed E-state index contributed by atoms with van der Waals surface area (Å²) >= 11 is 0. The highest BCUT2D eigenvalue weighted by Gasteiger charge is 2.31. The minimum atomic E-state index is -0.0162. The van der Waals surface area contributed by atoms with Crippen LogP contribution in [0.15, 0.2) is 49.1 Å². The first-order valence-corrected chi connectivity index (χ1v) is 11.6. The number of carbonyl (C=O) groups excluding carboxylic acids is 1. The fourth-order valence-electron chi connectivity index (χ4n) is 5.60. The minimum Gasteiger partial charge on any atom is -0.312 e. The van der Waals surface area contributed by atoms with Crippen LogP contribution in [0, 0.1) is 17.8 Å². The number of nitrogens with zero attached hydrogens (tertiary/aromatic N) is 1. The van der Waals surface area contributed by atoms with E-state index in [1.54, 1.807) is 11.8 Å². The van der Waals surface area contributed by atoms with Crippen molar-refractivity contribution in [2.75, 3.05) is 11.9 Å². The average molecular weight is 394 g/mol. The van der Waals surface area contributed by atoms with Gasteiger partial charge in [0.15, 0.2) is 0 Å². The molecule has 0 bridgehead atoms. The van der Waals surface area contributed by atoms with E-state index in [4.69, 9.17) is 0 Å². The molecule has 0 spiro atoms. The molecule has 2 saturated carbocycles. The van der Waals surface area contributed by atoms with Gasteiger partial charge in [-0.05, 0) is 99.7 Å². The van der Waals surface area contributed by atoms with Crippen LogP contribution in [0.2, 0.25) is 0 Å². The molecule has 0 radical (unpaired) electrons. The van der Waals surface area contributed by atoms with Gasteiger partial charge in [0.2, 0.25) is 0 Å². The highest BCUT2D eigenvalue weighted by molar-refractivity contribution is 6.04.